The third kappa shape index (κ3) is 2.89. The summed E-state index contributed by atoms with van der Waals surface area (Å²) in [7, 11) is 1.56. The molecule has 2 aromatic heterocycles. The average molecular weight is 272 g/mol. The zero-order valence-electron chi connectivity index (χ0n) is 10.6. The molecule has 0 aliphatic rings. The molecule has 0 atom stereocenters. The molecule has 2 rings (SSSR count). The van der Waals surface area contributed by atoms with Crippen LogP contribution in [0, 0.1) is 0 Å². The maximum Gasteiger partial charge on any atom is 0.356 e. The molecule has 102 valence electrons. The van der Waals surface area contributed by atoms with Crippen LogP contribution >= 0.6 is 0 Å². The third-order valence-electron chi connectivity index (χ3n) is 2.59. The lowest BCUT2D eigenvalue weighted by Gasteiger charge is -2.18. The van der Waals surface area contributed by atoms with Crippen molar-refractivity contribution < 1.29 is 14.7 Å². The fourth-order valence-corrected chi connectivity index (χ4v) is 1.55. The number of carbonyl (C=O) groups excluding carboxylic acids is 1. The molecule has 0 unspecified atom stereocenters. The summed E-state index contributed by atoms with van der Waals surface area (Å²) in [6.07, 6.45) is 4.48. The zero-order chi connectivity index (χ0) is 14.5. The van der Waals surface area contributed by atoms with Gasteiger partial charge < -0.3 is 10.4 Å². The Morgan fingerprint density at radius 2 is 2.00 bits per heavy atom. The molecule has 0 saturated carbocycles. The minimum absolute atomic E-state index is 0.140. The predicted octanol–water partition coefficient (Wildman–Crippen LogP) is 1.84. The lowest BCUT2D eigenvalue weighted by Crippen LogP contribution is -2.31. The molecule has 0 radical (unpaired) electrons. The second-order valence-corrected chi connectivity index (χ2v) is 3.91. The number of carboxylic acids is 1. The summed E-state index contributed by atoms with van der Waals surface area (Å²) in [6, 6.07) is 5.96. The molecule has 2 heterocycles. The standard InChI is InChI=1S/C13H12N4O3/c1-17(9-4-2-6-14-8-9)13(20)16-10-5-3-7-15-11(10)12(18)19/h2-8H,1H3,(H,16,20)(H,18,19). The van der Waals surface area contributed by atoms with Gasteiger partial charge in [0.2, 0.25) is 0 Å². The smallest absolute Gasteiger partial charge is 0.356 e. The van der Waals surface area contributed by atoms with Gasteiger partial charge in [-0.05, 0) is 24.3 Å². The maximum atomic E-state index is 12.1. The van der Waals surface area contributed by atoms with Crippen LogP contribution in [0.1, 0.15) is 10.5 Å². The molecule has 7 nitrogen and oxygen atoms in total. The number of aromatic carboxylic acids is 1. The largest absolute Gasteiger partial charge is 0.476 e. The molecule has 0 aromatic carbocycles. The second-order valence-electron chi connectivity index (χ2n) is 3.91. The molecule has 0 aliphatic heterocycles. The van der Waals surface area contributed by atoms with Crippen LogP contribution in [-0.4, -0.2) is 34.1 Å². The van der Waals surface area contributed by atoms with E-state index in [1.807, 2.05) is 0 Å². The van der Waals surface area contributed by atoms with Crippen molar-refractivity contribution in [3.63, 3.8) is 0 Å². The van der Waals surface area contributed by atoms with Gasteiger partial charge in [0.25, 0.3) is 0 Å². The van der Waals surface area contributed by atoms with Crippen molar-refractivity contribution >= 4 is 23.4 Å². The Morgan fingerprint density at radius 1 is 1.25 bits per heavy atom. The number of pyridine rings is 2. The third-order valence-corrected chi connectivity index (χ3v) is 2.59. The minimum Gasteiger partial charge on any atom is -0.476 e. The molecule has 7 heteroatoms. The number of nitrogens with one attached hydrogen (secondary N) is 1. The Kier molecular flexibility index (Phi) is 3.90. The van der Waals surface area contributed by atoms with Crippen molar-refractivity contribution in [2.75, 3.05) is 17.3 Å². The summed E-state index contributed by atoms with van der Waals surface area (Å²) in [5, 5.41) is 11.5. The number of hydrogen-bond donors (Lipinski definition) is 2. The Balaban J connectivity index is 2.18. The number of rotatable bonds is 3. The quantitative estimate of drug-likeness (QED) is 0.888. The summed E-state index contributed by atoms with van der Waals surface area (Å²) in [5.41, 5.74) is 0.520. The molecular weight excluding hydrogens is 260 g/mol. The van der Waals surface area contributed by atoms with Gasteiger partial charge in [-0.2, -0.15) is 0 Å². The van der Waals surface area contributed by atoms with E-state index >= 15 is 0 Å². The first-order valence-electron chi connectivity index (χ1n) is 5.72. The number of nitrogens with zero attached hydrogens (tertiary/aromatic N) is 3. The molecule has 0 aliphatic carbocycles. The van der Waals surface area contributed by atoms with Gasteiger partial charge in [-0.1, -0.05) is 0 Å². The van der Waals surface area contributed by atoms with Crippen LogP contribution in [0.3, 0.4) is 0 Å². The number of hydrogen-bond acceptors (Lipinski definition) is 4. The fraction of sp³-hybridized carbons (Fsp3) is 0.0769. The Hall–Kier alpha value is -2.96. The number of aromatic nitrogens is 2. The summed E-state index contributed by atoms with van der Waals surface area (Å²) >= 11 is 0. The minimum atomic E-state index is -1.20. The first-order chi connectivity index (χ1) is 9.59. The van der Waals surface area contributed by atoms with E-state index in [4.69, 9.17) is 5.11 Å². The molecule has 2 aromatic rings. The van der Waals surface area contributed by atoms with Gasteiger partial charge in [-0.15, -0.1) is 0 Å². The van der Waals surface area contributed by atoms with Gasteiger partial charge in [-0.25, -0.2) is 14.6 Å². The van der Waals surface area contributed by atoms with Crippen LogP contribution < -0.4 is 10.2 Å². The van der Waals surface area contributed by atoms with Crippen molar-refractivity contribution in [3.8, 4) is 0 Å². The topological polar surface area (TPSA) is 95.4 Å². The molecule has 0 spiro atoms. The molecule has 0 saturated heterocycles. The van der Waals surface area contributed by atoms with Crippen molar-refractivity contribution in [1.29, 1.82) is 0 Å². The predicted molar refractivity (Wildman–Crippen MR) is 72.9 cm³/mol. The van der Waals surface area contributed by atoms with E-state index in [1.54, 1.807) is 31.4 Å². The molecule has 0 bridgehead atoms. The van der Waals surface area contributed by atoms with E-state index in [-0.39, 0.29) is 11.4 Å². The molecular formula is C13H12N4O3. The van der Waals surface area contributed by atoms with Crippen LogP contribution in [0.2, 0.25) is 0 Å². The average Bonchev–Trinajstić information content (AvgIpc) is 2.47. The SMILES string of the molecule is CN(C(=O)Nc1cccnc1C(=O)O)c1cccnc1. The summed E-state index contributed by atoms with van der Waals surface area (Å²) in [5.74, 6) is -1.20. The van der Waals surface area contributed by atoms with Crippen molar-refractivity contribution in [2.24, 2.45) is 0 Å². The van der Waals surface area contributed by atoms with E-state index in [9.17, 15) is 9.59 Å². The van der Waals surface area contributed by atoms with E-state index in [0.717, 1.165) is 0 Å². The summed E-state index contributed by atoms with van der Waals surface area (Å²) in [6.45, 7) is 0. The number of urea groups is 1. The monoisotopic (exact) mass is 272 g/mol. The van der Waals surface area contributed by atoms with Crippen molar-refractivity contribution in [3.05, 3.63) is 48.5 Å². The van der Waals surface area contributed by atoms with Gasteiger partial charge in [0.15, 0.2) is 5.69 Å². The summed E-state index contributed by atoms with van der Waals surface area (Å²) in [4.78, 5) is 32.0. The van der Waals surface area contributed by atoms with Crippen molar-refractivity contribution in [2.45, 2.75) is 0 Å². The highest BCUT2D eigenvalue weighted by Crippen LogP contribution is 2.15. The molecule has 2 N–H and O–H groups in total. The van der Waals surface area contributed by atoms with Gasteiger partial charge in [-0.3, -0.25) is 9.88 Å². The van der Waals surface area contributed by atoms with E-state index in [2.05, 4.69) is 15.3 Å². The maximum absolute atomic E-state index is 12.1. The summed E-state index contributed by atoms with van der Waals surface area (Å²) < 4.78 is 0. The van der Waals surface area contributed by atoms with E-state index < -0.39 is 12.0 Å². The first-order valence-corrected chi connectivity index (χ1v) is 5.72. The molecule has 0 fully saturated rings. The van der Waals surface area contributed by atoms with Crippen LogP contribution in [0.5, 0.6) is 0 Å². The van der Waals surface area contributed by atoms with Crippen LogP contribution in [0.15, 0.2) is 42.9 Å². The number of anilines is 2. The Morgan fingerprint density at radius 3 is 2.65 bits per heavy atom. The Bertz CT molecular complexity index is 631. The van der Waals surface area contributed by atoms with E-state index in [0.29, 0.717) is 5.69 Å². The molecule has 20 heavy (non-hydrogen) atoms. The first kappa shape index (κ1) is 13.5. The van der Waals surface area contributed by atoms with Gasteiger partial charge >= 0.3 is 12.0 Å². The zero-order valence-corrected chi connectivity index (χ0v) is 10.6. The van der Waals surface area contributed by atoms with E-state index in [1.165, 1.54) is 23.4 Å². The lowest BCUT2D eigenvalue weighted by molar-refractivity contribution is 0.0692. The normalized spacial score (nSPS) is 9.85. The van der Waals surface area contributed by atoms with Gasteiger partial charge in [0.05, 0.1) is 17.6 Å². The highest BCUT2D eigenvalue weighted by atomic mass is 16.4. The number of amides is 2. The Labute approximate surface area is 114 Å². The highest BCUT2D eigenvalue weighted by molar-refractivity contribution is 6.04. The van der Waals surface area contributed by atoms with Gasteiger partial charge in [0.1, 0.15) is 0 Å². The van der Waals surface area contributed by atoms with Crippen LogP contribution in [0.25, 0.3) is 0 Å². The van der Waals surface area contributed by atoms with Gasteiger partial charge in [0, 0.05) is 19.4 Å². The highest BCUT2D eigenvalue weighted by Gasteiger charge is 2.16. The lowest BCUT2D eigenvalue weighted by atomic mass is 10.3. The number of carbonyl (C=O) groups is 2. The second kappa shape index (κ2) is 5.79. The van der Waals surface area contributed by atoms with Crippen LogP contribution in [-0.2, 0) is 0 Å². The van der Waals surface area contributed by atoms with Crippen molar-refractivity contribution in [1.82, 2.24) is 9.97 Å². The number of carboxylic acid groups (broad SMARTS) is 1. The fourth-order valence-electron chi connectivity index (χ4n) is 1.55. The van der Waals surface area contributed by atoms with Crippen LogP contribution in [0.4, 0.5) is 16.2 Å². The molecule has 2 amide bonds.